The van der Waals surface area contributed by atoms with Crippen LogP contribution in [0, 0.1) is 5.92 Å². The lowest BCUT2D eigenvalue weighted by Gasteiger charge is -2.64. The third-order valence-corrected chi connectivity index (χ3v) is 9.75. The lowest BCUT2D eigenvalue weighted by molar-refractivity contribution is -0.201. The summed E-state index contributed by atoms with van der Waals surface area (Å²) in [5.74, 6) is 0.642. The van der Waals surface area contributed by atoms with Crippen molar-refractivity contribution in [1.82, 2.24) is 9.80 Å². The average molecular weight is 493 g/mol. The summed E-state index contributed by atoms with van der Waals surface area (Å²) in [7, 11) is 0. The van der Waals surface area contributed by atoms with Crippen molar-refractivity contribution in [2.24, 2.45) is 5.92 Å². The van der Waals surface area contributed by atoms with E-state index in [0.29, 0.717) is 48.7 Å². The summed E-state index contributed by atoms with van der Waals surface area (Å²) in [6, 6.07) is 3.26. The van der Waals surface area contributed by atoms with Gasteiger partial charge in [-0.2, -0.15) is 0 Å². The molecule has 4 fully saturated rings. The number of esters is 1. The first kappa shape index (κ1) is 22.5. The molecule has 3 aliphatic carbocycles. The number of hydrogen-bond donors (Lipinski definition) is 1. The number of allylic oxidation sites excluding steroid dienone is 1. The van der Waals surface area contributed by atoms with Gasteiger partial charge in [-0.15, -0.1) is 0 Å². The molecule has 0 radical (unpaired) electrons. The molecule has 8 nitrogen and oxygen atoms in total. The van der Waals surface area contributed by atoms with Crippen molar-refractivity contribution in [2.75, 3.05) is 13.1 Å². The van der Waals surface area contributed by atoms with Gasteiger partial charge in [0.25, 0.3) is 5.91 Å². The highest BCUT2D eigenvalue weighted by Crippen LogP contribution is 2.66. The van der Waals surface area contributed by atoms with E-state index in [4.69, 9.17) is 9.47 Å². The Bertz CT molecular complexity index is 1240. The maximum Gasteiger partial charge on any atom is 0.308 e. The van der Waals surface area contributed by atoms with E-state index in [2.05, 4.69) is 4.90 Å². The number of carbonyl (C=O) groups excluding carboxylic acids is 3. The number of likely N-dealkylation sites (tertiary alicyclic amines) is 2. The summed E-state index contributed by atoms with van der Waals surface area (Å²) in [6.45, 7) is 4.97. The van der Waals surface area contributed by atoms with Crippen LogP contribution in [0.25, 0.3) is 0 Å². The molecular formula is C28H32N2O6. The van der Waals surface area contributed by atoms with E-state index in [-0.39, 0.29) is 24.3 Å². The van der Waals surface area contributed by atoms with Crippen molar-refractivity contribution in [3.05, 3.63) is 34.9 Å². The fourth-order valence-electron chi connectivity index (χ4n) is 8.10. The molecule has 36 heavy (non-hydrogen) atoms. The summed E-state index contributed by atoms with van der Waals surface area (Å²) in [5, 5.41) is 12.6. The number of imide groups is 1. The number of amides is 2. The van der Waals surface area contributed by atoms with Gasteiger partial charge in [0, 0.05) is 30.6 Å². The van der Waals surface area contributed by atoms with Crippen LogP contribution in [-0.2, 0) is 26.2 Å². The second kappa shape index (κ2) is 7.42. The SMILES string of the molecule is C/C=C1/CC(=O)N([C@@H]2CC[C@@]3(O)[C@H]4Cc5ccc(OC(C)=O)c6c5[C@@]3(CCN4CC3CC3)[C@H]2O6)C1=O. The van der Waals surface area contributed by atoms with E-state index in [1.54, 1.807) is 19.1 Å². The predicted octanol–water partition coefficient (Wildman–Crippen LogP) is 2.25. The normalized spacial score (nSPS) is 37.8. The van der Waals surface area contributed by atoms with Gasteiger partial charge in [-0.25, -0.2) is 0 Å². The Morgan fingerprint density at radius 1 is 1.25 bits per heavy atom. The number of aliphatic hydroxyl groups is 1. The molecule has 1 aromatic carbocycles. The Morgan fingerprint density at radius 3 is 2.75 bits per heavy atom. The van der Waals surface area contributed by atoms with Crippen LogP contribution in [0.15, 0.2) is 23.8 Å². The van der Waals surface area contributed by atoms with E-state index in [1.807, 2.05) is 6.07 Å². The molecule has 2 bridgehead atoms. The van der Waals surface area contributed by atoms with Crippen molar-refractivity contribution < 1.29 is 29.0 Å². The van der Waals surface area contributed by atoms with Gasteiger partial charge >= 0.3 is 5.97 Å². The van der Waals surface area contributed by atoms with Gasteiger partial charge in [0.05, 0.1) is 23.5 Å². The van der Waals surface area contributed by atoms with Crippen LogP contribution in [0.5, 0.6) is 11.5 Å². The maximum absolute atomic E-state index is 13.3. The Balaban J connectivity index is 1.39. The molecule has 1 N–H and O–H groups in total. The fraction of sp³-hybridized carbons (Fsp3) is 0.607. The molecule has 2 amide bonds. The molecule has 0 aromatic heterocycles. The number of hydrogen-bond acceptors (Lipinski definition) is 7. The predicted molar refractivity (Wildman–Crippen MR) is 128 cm³/mol. The first-order chi connectivity index (χ1) is 17.3. The minimum atomic E-state index is -1.05. The van der Waals surface area contributed by atoms with Crippen molar-refractivity contribution in [2.45, 2.75) is 88.0 Å². The van der Waals surface area contributed by atoms with Gasteiger partial charge in [-0.1, -0.05) is 12.1 Å². The highest BCUT2D eigenvalue weighted by molar-refractivity contribution is 6.13. The van der Waals surface area contributed by atoms with E-state index in [9.17, 15) is 19.5 Å². The highest BCUT2D eigenvalue weighted by atomic mass is 16.6. The molecule has 3 aliphatic heterocycles. The van der Waals surface area contributed by atoms with Gasteiger partial charge in [0.2, 0.25) is 5.91 Å². The van der Waals surface area contributed by atoms with Crippen molar-refractivity contribution in [3.63, 3.8) is 0 Å². The smallest absolute Gasteiger partial charge is 0.308 e. The van der Waals surface area contributed by atoms with Crippen molar-refractivity contribution in [1.29, 1.82) is 0 Å². The molecular weight excluding hydrogens is 460 g/mol. The number of carbonyl (C=O) groups is 3. The largest absolute Gasteiger partial charge is 0.483 e. The number of rotatable bonds is 4. The second-order valence-electron chi connectivity index (χ2n) is 11.5. The van der Waals surface area contributed by atoms with Crippen LogP contribution in [0.2, 0.25) is 0 Å². The van der Waals surface area contributed by atoms with Gasteiger partial charge in [0.15, 0.2) is 11.5 Å². The van der Waals surface area contributed by atoms with Crippen LogP contribution in [0.1, 0.15) is 63.5 Å². The third-order valence-electron chi connectivity index (χ3n) is 9.75. The summed E-state index contributed by atoms with van der Waals surface area (Å²) in [5.41, 5.74) is 0.720. The van der Waals surface area contributed by atoms with Crippen LogP contribution >= 0.6 is 0 Å². The minimum absolute atomic E-state index is 0.0481. The summed E-state index contributed by atoms with van der Waals surface area (Å²) in [6.07, 6.45) is 6.08. The van der Waals surface area contributed by atoms with Crippen LogP contribution in [0.4, 0.5) is 0 Å². The van der Waals surface area contributed by atoms with Gasteiger partial charge in [-0.3, -0.25) is 24.2 Å². The van der Waals surface area contributed by atoms with E-state index in [0.717, 1.165) is 24.2 Å². The quantitative estimate of drug-likeness (QED) is 0.298. The molecule has 6 aliphatic rings. The Labute approximate surface area is 210 Å². The van der Waals surface area contributed by atoms with Crippen LogP contribution in [0.3, 0.4) is 0 Å². The van der Waals surface area contributed by atoms with Gasteiger partial charge in [0.1, 0.15) is 6.10 Å². The van der Waals surface area contributed by atoms with Crippen molar-refractivity contribution >= 4 is 17.8 Å². The molecule has 2 saturated carbocycles. The molecule has 3 heterocycles. The molecule has 1 aromatic rings. The first-order valence-electron chi connectivity index (χ1n) is 13.3. The monoisotopic (exact) mass is 492 g/mol. The number of nitrogens with zero attached hydrogens (tertiary/aromatic N) is 2. The summed E-state index contributed by atoms with van der Waals surface area (Å²) >= 11 is 0. The molecule has 190 valence electrons. The Morgan fingerprint density at radius 2 is 2.06 bits per heavy atom. The van der Waals surface area contributed by atoms with E-state index >= 15 is 0 Å². The zero-order valence-electron chi connectivity index (χ0n) is 20.8. The Hall–Kier alpha value is -2.71. The summed E-state index contributed by atoms with van der Waals surface area (Å²) in [4.78, 5) is 42.1. The number of ether oxygens (including phenoxy) is 2. The molecule has 7 rings (SSSR count). The lowest BCUT2D eigenvalue weighted by atomic mass is 9.48. The standard InChI is InChI=1S/C28H32N2O6/c1-3-17-13-22(32)30(26(17)33)19-8-9-28(34)21-12-18-6-7-20(35-15(2)31)24-23(18)27(28,25(19)36-24)10-11-29(21)14-16-4-5-16/h3,6-7,16,19,21,25,34H,4-5,8-14H2,1-2H3/b17-3-/t19-,21-,25+,27+,28-/m1/s1. The van der Waals surface area contributed by atoms with E-state index in [1.165, 1.54) is 24.7 Å². The summed E-state index contributed by atoms with van der Waals surface area (Å²) < 4.78 is 12.2. The fourth-order valence-corrected chi connectivity index (χ4v) is 8.10. The van der Waals surface area contributed by atoms with Gasteiger partial charge < -0.3 is 14.6 Å². The second-order valence-corrected chi connectivity index (χ2v) is 11.5. The van der Waals surface area contributed by atoms with E-state index < -0.39 is 29.1 Å². The zero-order chi connectivity index (χ0) is 25.0. The zero-order valence-corrected chi connectivity index (χ0v) is 20.8. The highest BCUT2D eigenvalue weighted by Gasteiger charge is 2.74. The van der Waals surface area contributed by atoms with Crippen LogP contribution in [-0.4, -0.2) is 69.6 Å². The van der Waals surface area contributed by atoms with Gasteiger partial charge in [-0.05, 0) is 69.5 Å². The van der Waals surface area contributed by atoms with Crippen LogP contribution < -0.4 is 9.47 Å². The van der Waals surface area contributed by atoms with Crippen molar-refractivity contribution in [3.8, 4) is 11.5 Å². The topological polar surface area (TPSA) is 96.4 Å². The minimum Gasteiger partial charge on any atom is -0.483 e. The third kappa shape index (κ3) is 2.74. The maximum atomic E-state index is 13.3. The average Bonchev–Trinajstić information content (AvgIpc) is 3.51. The molecule has 8 heteroatoms. The molecule has 0 unspecified atom stereocenters. The molecule has 1 spiro atoms. The molecule has 2 saturated heterocycles. The number of benzene rings is 1. The number of piperidine rings is 1. The first-order valence-corrected chi connectivity index (χ1v) is 13.3. The lowest BCUT2D eigenvalue weighted by Crippen LogP contribution is -2.78. The Kier molecular flexibility index (Phi) is 4.63. The molecule has 5 atom stereocenters.